The molecule has 7 nitrogen and oxygen atoms in total. The van der Waals surface area contributed by atoms with Crippen molar-refractivity contribution in [3.05, 3.63) is 54.1 Å². The maximum absolute atomic E-state index is 12.0. The number of carbonyl (C=O) groups is 2. The molecular formula is C20H24N4O3. The zero-order valence-electron chi connectivity index (χ0n) is 15.6. The molecule has 0 radical (unpaired) electrons. The zero-order valence-corrected chi connectivity index (χ0v) is 15.6. The average molecular weight is 368 g/mol. The van der Waals surface area contributed by atoms with Gasteiger partial charge in [0, 0.05) is 38.1 Å². The van der Waals surface area contributed by atoms with Crippen LogP contribution in [0.1, 0.15) is 5.56 Å². The Morgan fingerprint density at radius 3 is 2.37 bits per heavy atom. The molecule has 0 spiro atoms. The van der Waals surface area contributed by atoms with Crippen LogP contribution in [0.5, 0.6) is 5.75 Å². The van der Waals surface area contributed by atoms with Crippen LogP contribution >= 0.6 is 0 Å². The van der Waals surface area contributed by atoms with E-state index in [0.29, 0.717) is 18.8 Å². The van der Waals surface area contributed by atoms with E-state index in [2.05, 4.69) is 10.6 Å². The lowest BCUT2D eigenvalue weighted by Gasteiger charge is -2.16. The summed E-state index contributed by atoms with van der Waals surface area (Å²) in [5.74, 6) is 0.815. The van der Waals surface area contributed by atoms with E-state index in [9.17, 15) is 9.59 Å². The molecule has 3 rings (SSSR count). The van der Waals surface area contributed by atoms with Crippen molar-refractivity contribution in [3.8, 4) is 5.75 Å². The molecule has 0 atom stereocenters. The van der Waals surface area contributed by atoms with E-state index in [1.54, 1.807) is 36.1 Å². The van der Waals surface area contributed by atoms with E-state index in [0.717, 1.165) is 30.0 Å². The molecular weight excluding hydrogens is 344 g/mol. The molecule has 2 aromatic carbocycles. The molecule has 0 aromatic heterocycles. The second kappa shape index (κ2) is 8.44. The molecule has 0 bridgehead atoms. The lowest BCUT2D eigenvalue weighted by Crippen LogP contribution is -2.30. The van der Waals surface area contributed by atoms with E-state index in [1.165, 1.54) is 0 Å². The third kappa shape index (κ3) is 4.69. The van der Waals surface area contributed by atoms with Gasteiger partial charge in [-0.25, -0.2) is 9.59 Å². The van der Waals surface area contributed by atoms with Gasteiger partial charge >= 0.3 is 12.1 Å². The number of carbonyl (C=O) groups excluding carboxylic acids is 2. The van der Waals surface area contributed by atoms with Gasteiger partial charge in [-0.1, -0.05) is 12.1 Å². The Labute approximate surface area is 158 Å². The maximum Gasteiger partial charge on any atom is 0.324 e. The number of likely N-dealkylation sites (N-methyl/N-ethyl adjacent to an activating group) is 1. The van der Waals surface area contributed by atoms with Gasteiger partial charge in [0.2, 0.25) is 0 Å². The van der Waals surface area contributed by atoms with Gasteiger partial charge in [-0.05, 0) is 48.4 Å². The first-order valence-corrected chi connectivity index (χ1v) is 8.87. The molecule has 27 heavy (non-hydrogen) atoms. The first-order valence-electron chi connectivity index (χ1n) is 8.87. The summed E-state index contributed by atoms with van der Waals surface area (Å²) in [4.78, 5) is 27.4. The number of ether oxygens (including phenoxy) is 1. The fourth-order valence-corrected chi connectivity index (χ4v) is 2.90. The highest BCUT2D eigenvalue weighted by Gasteiger charge is 2.26. The predicted octanol–water partition coefficient (Wildman–Crippen LogP) is 2.93. The van der Waals surface area contributed by atoms with E-state index in [1.807, 2.05) is 36.4 Å². The molecule has 4 amide bonds. The summed E-state index contributed by atoms with van der Waals surface area (Å²) in [5, 5.41) is 5.64. The minimum atomic E-state index is -0.256. The van der Waals surface area contributed by atoms with Crippen molar-refractivity contribution < 1.29 is 14.3 Å². The minimum absolute atomic E-state index is 0.00742. The first-order chi connectivity index (χ1) is 13.1. The Kier molecular flexibility index (Phi) is 5.80. The van der Waals surface area contributed by atoms with Crippen molar-refractivity contribution in [2.45, 2.75) is 6.42 Å². The summed E-state index contributed by atoms with van der Waals surface area (Å²) in [5.41, 5.74) is 2.64. The third-order valence-corrected chi connectivity index (χ3v) is 4.51. The normalized spacial score (nSPS) is 13.6. The summed E-state index contributed by atoms with van der Waals surface area (Å²) in [7, 11) is 3.42. The summed E-state index contributed by atoms with van der Waals surface area (Å²) in [6.07, 6.45) is 0.737. The molecule has 2 aromatic rings. The Bertz CT molecular complexity index is 790. The number of nitrogens with zero attached hydrogens (tertiary/aromatic N) is 2. The molecule has 7 heteroatoms. The van der Waals surface area contributed by atoms with E-state index in [-0.39, 0.29) is 12.1 Å². The van der Waals surface area contributed by atoms with Crippen LogP contribution in [-0.2, 0) is 6.42 Å². The van der Waals surface area contributed by atoms with Gasteiger partial charge in [0.05, 0.1) is 7.11 Å². The van der Waals surface area contributed by atoms with Gasteiger partial charge in [-0.15, -0.1) is 0 Å². The van der Waals surface area contributed by atoms with Crippen molar-refractivity contribution in [2.75, 3.05) is 44.0 Å². The van der Waals surface area contributed by atoms with Crippen LogP contribution in [0.3, 0.4) is 0 Å². The van der Waals surface area contributed by atoms with Crippen LogP contribution in [0, 0.1) is 0 Å². The smallest absolute Gasteiger partial charge is 0.324 e. The highest BCUT2D eigenvalue weighted by molar-refractivity contribution is 5.94. The van der Waals surface area contributed by atoms with Crippen molar-refractivity contribution in [1.82, 2.24) is 10.2 Å². The first kappa shape index (κ1) is 18.6. The molecule has 1 aliphatic rings. The second-order valence-corrected chi connectivity index (χ2v) is 6.38. The van der Waals surface area contributed by atoms with Gasteiger partial charge in [0.15, 0.2) is 0 Å². The molecule has 1 saturated heterocycles. The quantitative estimate of drug-likeness (QED) is 0.823. The fourth-order valence-electron chi connectivity index (χ4n) is 2.90. The number of hydrogen-bond acceptors (Lipinski definition) is 3. The molecule has 0 unspecified atom stereocenters. The van der Waals surface area contributed by atoms with Crippen molar-refractivity contribution >= 4 is 23.4 Å². The van der Waals surface area contributed by atoms with Crippen LogP contribution < -0.4 is 20.3 Å². The third-order valence-electron chi connectivity index (χ3n) is 4.51. The number of hydrogen-bond donors (Lipinski definition) is 2. The van der Waals surface area contributed by atoms with Crippen LogP contribution in [-0.4, -0.2) is 50.8 Å². The maximum atomic E-state index is 12.0. The van der Waals surface area contributed by atoms with Crippen molar-refractivity contribution in [2.24, 2.45) is 0 Å². The van der Waals surface area contributed by atoms with E-state index in [4.69, 9.17) is 4.74 Å². The van der Waals surface area contributed by atoms with Gasteiger partial charge in [-0.2, -0.15) is 0 Å². The van der Waals surface area contributed by atoms with Crippen molar-refractivity contribution in [1.29, 1.82) is 0 Å². The highest BCUT2D eigenvalue weighted by atomic mass is 16.5. The Balaban J connectivity index is 1.45. The summed E-state index contributed by atoms with van der Waals surface area (Å²) < 4.78 is 5.13. The molecule has 142 valence electrons. The molecule has 1 heterocycles. The highest BCUT2D eigenvalue weighted by Crippen LogP contribution is 2.21. The largest absolute Gasteiger partial charge is 0.497 e. The molecule has 0 saturated carbocycles. The van der Waals surface area contributed by atoms with Crippen LogP contribution in [0.4, 0.5) is 21.0 Å². The van der Waals surface area contributed by atoms with Crippen LogP contribution in [0.25, 0.3) is 0 Å². The fraction of sp³-hybridized carbons (Fsp3) is 0.300. The number of nitrogens with one attached hydrogen (secondary N) is 2. The molecule has 0 aliphatic carbocycles. The Morgan fingerprint density at radius 1 is 1.07 bits per heavy atom. The van der Waals surface area contributed by atoms with Crippen LogP contribution in [0.15, 0.2) is 48.5 Å². The van der Waals surface area contributed by atoms with Gasteiger partial charge in [0.25, 0.3) is 0 Å². The lowest BCUT2D eigenvalue weighted by atomic mass is 10.1. The van der Waals surface area contributed by atoms with Gasteiger partial charge in [0.1, 0.15) is 5.75 Å². The van der Waals surface area contributed by atoms with Gasteiger partial charge < -0.3 is 20.3 Å². The predicted molar refractivity (Wildman–Crippen MR) is 106 cm³/mol. The van der Waals surface area contributed by atoms with E-state index >= 15 is 0 Å². The second-order valence-electron chi connectivity index (χ2n) is 6.38. The lowest BCUT2D eigenvalue weighted by molar-refractivity contribution is 0.229. The number of methoxy groups -OCH3 is 1. The molecule has 1 fully saturated rings. The Morgan fingerprint density at radius 2 is 1.78 bits per heavy atom. The average Bonchev–Trinajstić information content (AvgIpc) is 3.02. The van der Waals surface area contributed by atoms with Gasteiger partial charge in [-0.3, -0.25) is 4.90 Å². The molecule has 2 N–H and O–H groups in total. The van der Waals surface area contributed by atoms with Crippen molar-refractivity contribution in [3.63, 3.8) is 0 Å². The monoisotopic (exact) mass is 368 g/mol. The number of rotatable bonds is 6. The Hall–Kier alpha value is -3.22. The summed E-state index contributed by atoms with van der Waals surface area (Å²) >= 11 is 0. The summed E-state index contributed by atoms with van der Waals surface area (Å²) in [6, 6.07) is 14.8. The number of urea groups is 2. The topological polar surface area (TPSA) is 73.9 Å². The minimum Gasteiger partial charge on any atom is -0.497 e. The number of benzene rings is 2. The zero-order chi connectivity index (χ0) is 19.2. The SMILES string of the molecule is COc1ccc(CCNC(=O)Nc2ccc(N3CCN(C)C3=O)cc2)cc1. The number of amides is 4. The van der Waals surface area contributed by atoms with E-state index < -0.39 is 0 Å². The molecule has 1 aliphatic heterocycles. The number of anilines is 2. The summed E-state index contributed by atoms with van der Waals surface area (Å²) in [6.45, 7) is 1.92. The van der Waals surface area contributed by atoms with Crippen LogP contribution in [0.2, 0.25) is 0 Å². The standard InChI is InChI=1S/C20H24N4O3/c1-23-13-14-24(20(23)26)17-7-5-16(6-8-17)22-19(25)21-12-11-15-3-9-18(27-2)10-4-15/h3-10H,11-14H2,1-2H3,(H2,21,22,25).